The van der Waals surface area contributed by atoms with Crippen LogP contribution < -0.4 is 0 Å². The van der Waals surface area contributed by atoms with Crippen LogP contribution in [0, 0.1) is 0 Å². The Labute approximate surface area is 148 Å². The molecule has 0 atom stereocenters. The Morgan fingerprint density at radius 2 is 1.64 bits per heavy atom. The lowest BCUT2D eigenvalue weighted by Gasteiger charge is -2.33. The van der Waals surface area contributed by atoms with E-state index in [-0.39, 0.29) is 25.2 Å². The predicted octanol–water partition coefficient (Wildman–Crippen LogP) is 2.88. The Balaban J connectivity index is 2.20. The van der Waals surface area contributed by atoms with Crippen molar-refractivity contribution < 1.29 is 33.3 Å². The largest absolute Gasteiger partial charge is 0.508 e. The second-order valence-electron chi connectivity index (χ2n) is 6.85. The molecule has 0 aromatic heterocycles. The van der Waals surface area contributed by atoms with E-state index < -0.39 is 17.7 Å². The van der Waals surface area contributed by atoms with E-state index >= 15 is 0 Å². The van der Waals surface area contributed by atoms with E-state index in [4.69, 9.17) is 18.9 Å². The first-order chi connectivity index (χ1) is 11.7. The van der Waals surface area contributed by atoms with Crippen molar-refractivity contribution in [1.82, 2.24) is 4.90 Å². The van der Waals surface area contributed by atoms with Gasteiger partial charge in [-0.2, -0.15) is 0 Å². The normalized spacial score (nSPS) is 15.4. The average Bonchev–Trinajstić information content (AvgIpc) is 2.52. The van der Waals surface area contributed by atoms with Crippen LogP contribution in [0.1, 0.15) is 53.4 Å². The Morgan fingerprint density at radius 3 is 2.20 bits per heavy atom. The molecular formula is C17H29NO7. The second-order valence-corrected chi connectivity index (χ2v) is 6.85. The molecule has 0 aromatic carbocycles. The maximum atomic E-state index is 12.0. The lowest BCUT2D eigenvalue weighted by atomic mass is 10.1. The highest BCUT2D eigenvalue weighted by Gasteiger charge is 2.28. The zero-order valence-corrected chi connectivity index (χ0v) is 15.5. The molecule has 0 aliphatic carbocycles. The second kappa shape index (κ2) is 10.1. The minimum absolute atomic E-state index is 0.0203. The first-order valence-electron chi connectivity index (χ1n) is 8.68. The predicted molar refractivity (Wildman–Crippen MR) is 89.1 cm³/mol. The molecule has 0 saturated carbocycles. The monoisotopic (exact) mass is 359 g/mol. The standard InChI is InChI=1S/C17H29NO7/c1-5-11-22-16(21)23-12-8-14(19)24-13-6-9-18(10-7-13)15(20)25-17(2,3)4/h13H,5-12H2,1-4H3. The fourth-order valence-corrected chi connectivity index (χ4v) is 2.17. The molecule has 0 radical (unpaired) electrons. The third kappa shape index (κ3) is 9.16. The molecule has 0 bridgehead atoms. The van der Waals surface area contributed by atoms with E-state index in [0.717, 1.165) is 0 Å². The van der Waals surface area contributed by atoms with Crippen LogP contribution in [-0.2, 0) is 23.7 Å². The maximum absolute atomic E-state index is 12.0. The minimum Gasteiger partial charge on any atom is -0.462 e. The van der Waals surface area contributed by atoms with E-state index in [0.29, 0.717) is 39.0 Å². The van der Waals surface area contributed by atoms with Gasteiger partial charge >= 0.3 is 18.2 Å². The number of rotatable bonds is 6. The number of hydrogen-bond donors (Lipinski definition) is 0. The number of ether oxygens (including phenoxy) is 4. The van der Waals surface area contributed by atoms with Gasteiger partial charge in [0, 0.05) is 25.9 Å². The lowest BCUT2D eigenvalue weighted by molar-refractivity contribution is -0.151. The summed E-state index contributed by atoms with van der Waals surface area (Å²) >= 11 is 0. The molecule has 0 spiro atoms. The van der Waals surface area contributed by atoms with Crippen LogP contribution in [0.3, 0.4) is 0 Å². The number of esters is 1. The highest BCUT2D eigenvalue weighted by Crippen LogP contribution is 2.17. The van der Waals surface area contributed by atoms with E-state index in [1.54, 1.807) is 4.90 Å². The number of carbonyl (C=O) groups is 3. The van der Waals surface area contributed by atoms with Gasteiger partial charge < -0.3 is 23.8 Å². The van der Waals surface area contributed by atoms with Crippen molar-refractivity contribution in [2.45, 2.75) is 65.1 Å². The van der Waals surface area contributed by atoms with Crippen molar-refractivity contribution in [3.8, 4) is 0 Å². The third-order valence-corrected chi connectivity index (χ3v) is 3.34. The van der Waals surface area contributed by atoms with Crippen molar-refractivity contribution in [2.75, 3.05) is 26.3 Å². The summed E-state index contributed by atoms with van der Waals surface area (Å²) in [6.45, 7) is 8.51. The van der Waals surface area contributed by atoms with Gasteiger partial charge in [-0.1, -0.05) is 6.92 Å². The van der Waals surface area contributed by atoms with Gasteiger partial charge in [-0.05, 0) is 27.2 Å². The number of hydrogen-bond acceptors (Lipinski definition) is 7. The summed E-state index contributed by atoms with van der Waals surface area (Å²) in [5, 5.41) is 0. The number of amides is 1. The van der Waals surface area contributed by atoms with Crippen LogP contribution in [0.4, 0.5) is 9.59 Å². The maximum Gasteiger partial charge on any atom is 0.508 e. The molecule has 8 heteroatoms. The summed E-state index contributed by atoms with van der Waals surface area (Å²) in [4.78, 5) is 36.4. The van der Waals surface area contributed by atoms with Gasteiger partial charge in [0.25, 0.3) is 0 Å². The summed E-state index contributed by atoms with van der Waals surface area (Å²) in [5.41, 5.74) is -0.529. The Kier molecular flexibility index (Phi) is 8.51. The molecule has 1 heterocycles. The lowest BCUT2D eigenvalue weighted by Crippen LogP contribution is -2.43. The molecule has 0 aromatic rings. The van der Waals surface area contributed by atoms with Crippen molar-refractivity contribution in [3.63, 3.8) is 0 Å². The van der Waals surface area contributed by atoms with E-state index in [9.17, 15) is 14.4 Å². The van der Waals surface area contributed by atoms with Gasteiger partial charge in [0.2, 0.25) is 0 Å². The first kappa shape index (κ1) is 21.1. The molecule has 1 saturated heterocycles. The fourth-order valence-electron chi connectivity index (χ4n) is 2.17. The summed E-state index contributed by atoms with van der Waals surface area (Å²) in [5.74, 6) is -0.431. The zero-order chi connectivity index (χ0) is 18.9. The third-order valence-electron chi connectivity index (χ3n) is 3.34. The quantitative estimate of drug-likeness (QED) is 0.532. The van der Waals surface area contributed by atoms with Crippen LogP contribution in [0.2, 0.25) is 0 Å². The van der Waals surface area contributed by atoms with Crippen molar-refractivity contribution in [2.24, 2.45) is 0 Å². The average molecular weight is 359 g/mol. The molecule has 8 nitrogen and oxygen atoms in total. The summed E-state index contributed by atoms with van der Waals surface area (Å²) in [6, 6.07) is 0. The smallest absolute Gasteiger partial charge is 0.462 e. The molecule has 1 aliphatic rings. The van der Waals surface area contributed by atoms with Crippen molar-refractivity contribution in [1.29, 1.82) is 0 Å². The molecule has 1 aliphatic heterocycles. The minimum atomic E-state index is -0.777. The molecule has 0 N–H and O–H groups in total. The molecule has 1 amide bonds. The van der Waals surface area contributed by atoms with Gasteiger partial charge in [-0.15, -0.1) is 0 Å². The Morgan fingerprint density at radius 1 is 1.04 bits per heavy atom. The van der Waals surface area contributed by atoms with Crippen LogP contribution in [0.25, 0.3) is 0 Å². The molecule has 25 heavy (non-hydrogen) atoms. The SMILES string of the molecule is CCCOC(=O)OCCC(=O)OC1CCN(C(=O)OC(C)(C)C)CC1. The highest BCUT2D eigenvalue weighted by molar-refractivity contribution is 5.70. The summed E-state index contributed by atoms with van der Waals surface area (Å²) < 4.78 is 20.1. The molecule has 144 valence electrons. The summed E-state index contributed by atoms with van der Waals surface area (Å²) in [6.07, 6.45) is 0.441. The van der Waals surface area contributed by atoms with Gasteiger partial charge in [-0.25, -0.2) is 9.59 Å². The zero-order valence-electron chi connectivity index (χ0n) is 15.5. The van der Waals surface area contributed by atoms with Crippen LogP contribution in [0.5, 0.6) is 0 Å². The van der Waals surface area contributed by atoms with Crippen LogP contribution in [0.15, 0.2) is 0 Å². The topological polar surface area (TPSA) is 91.4 Å². The van der Waals surface area contributed by atoms with Gasteiger partial charge in [0.05, 0.1) is 13.0 Å². The fraction of sp³-hybridized carbons (Fsp3) is 0.824. The molecule has 1 rings (SSSR count). The Bertz CT molecular complexity index is 450. The van der Waals surface area contributed by atoms with Crippen molar-refractivity contribution in [3.05, 3.63) is 0 Å². The number of carbonyl (C=O) groups excluding carboxylic acids is 3. The first-order valence-corrected chi connectivity index (χ1v) is 8.68. The van der Waals surface area contributed by atoms with E-state index in [2.05, 4.69) is 0 Å². The molecular weight excluding hydrogens is 330 g/mol. The number of nitrogens with zero attached hydrogens (tertiary/aromatic N) is 1. The van der Waals surface area contributed by atoms with Gasteiger partial charge in [-0.3, -0.25) is 4.79 Å². The van der Waals surface area contributed by atoms with Crippen molar-refractivity contribution >= 4 is 18.2 Å². The molecule has 0 unspecified atom stereocenters. The Hall–Kier alpha value is -1.99. The van der Waals surface area contributed by atoms with Crippen LogP contribution >= 0.6 is 0 Å². The highest BCUT2D eigenvalue weighted by atomic mass is 16.7. The van der Waals surface area contributed by atoms with E-state index in [1.165, 1.54) is 0 Å². The summed E-state index contributed by atoms with van der Waals surface area (Å²) in [7, 11) is 0. The van der Waals surface area contributed by atoms with Crippen LogP contribution in [-0.4, -0.2) is 61.1 Å². The van der Waals surface area contributed by atoms with E-state index in [1.807, 2.05) is 27.7 Å². The number of likely N-dealkylation sites (tertiary alicyclic amines) is 1. The molecule has 1 fully saturated rings. The number of piperidine rings is 1. The van der Waals surface area contributed by atoms with Gasteiger partial charge in [0.1, 0.15) is 18.3 Å². The van der Waals surface area contributed by atoms with Gasteiger partial charge in [0.15, 0.2) is 0 Å².